The molecule has 4 heteroatoms. The first-order chi connectivity index (χ1) is 25.3. The van der Waals surface area contributed by atoms with Crippen LogP contribution in [-0.4, -0.2) is 19.5 Å². The summed E-state index contributed by atoms with van der Waals surface area (Å²) in [5, 5.41) is 7.04. The van der Waals surface area contributed by atoms with Crippen molar-refractivity contribution in [1.82, 2.24) is 19.5 Å². The molecule has 0 fully saturated rings. The third-order valence-electron chi connectivity index (χ3n) is 9.89. The molecule has 0 unspecified atom stereocenters. The van der Waals surface area contributed by atoms with Crippen LogP contribution in [0, 0.1) is 0 Å². The first-order valence-corrected chi connectivity index (χ1v) is 17.2. The molecule has 6 aromatic carbocycles. The molecule has 0 radical (unpaired) electrons. The van der Waals surface area contributed by atoms with E-state index in [9.17, 15) is 0 Å². The molecule has 4 heterocycles. The molecular formula is C47H30N4. The summed E-state index contributed by atoms with van der Waals surface area (Å²) in [5.41, 5.74) is 11.5. The lowest BCUT2D eigenvalue weighted by Gasteiger charge is -2.17. The average molecular weight is 651 g/mol. The second-order valence-corrected chi connectivity index (χ2v) is 12.8. The number of rotatable bonds is 5. The predicted molar refractivity (Wildman–Crippen MR) is 211 cm³/mol. The van der Waals surface area contributed by atoms with Gasteiger partial charge in [0, 0.05) is 40.0 Å². The normalized spacial score (nSPS) is 11.5. The largest absolute Gasteiger partial charge is 0.309 e. The molecule has 51 heavy (non-hydrogen) atoms. The molecule has 0 N–H and O–H groups in total. The second-order valence-electron chi connectivity index (χ2n) is 12.8. The Labute approximate surface area is 295 Å². The number of para-hydroxylation sites is 1. The van der Waals surface area contributed by atoms with Crippen LogP contribution in [0.1, 0.15) is 0 Å². The molecule has 0 saturated carbocycles. The van der Waals surface area contributed by atoms with E-state index in [0.29, 0.717) is 0 Å². The monoisotopic (exact) mass is 650 g/mol. The van der Waals surface area contributed by atoms with Crippen LogP contribution in [-0.2, 0) is 0 Å². The topological polar surface area (TPSA) is 43.6 Å². The highest BCUT2D eigenvalue weighted by molar-refractivity contribution is 6.21. The van der Waals surface area contributed by atoms with Gasteiger partial charge in [-0.3, -0.25) is 4.98 Å². The Bertz CT molecular complexity index is 2850. The highest BCUT2D eigenvalue weighted by Gasteiger charge is 2.18. The van der Waals surface area contributed by atoms with Gasteiger partial charge in [-0.15, -0.1) is 0 Å². The molecule has 0 spiro atoms. The number of hydrogen-bond acceptors (Lipinski definition) is 3. The van der Waals surface area contributed by atoms with E-state index >= 15 is 0 Å². The van der Waals surface area contributed by atoms with Gasteiger partial charge in [-0.1, -0.05) is 115 Å². The molecule has 0 aliphatic rings. The van der Waals surface area contributed by atoms with Crippen LogP contribution in [0.4, 0.5) is 0 Å². The van der Waals surface area contributed by atoms with E-state index in [-0.39, 0.29) is 0 Å². The van der Waals surface area contributed by atoms with Crippen molar-refractivity contribution in [1.29, 1.82) is 0 Å². The van der Waals surface area contributed by atoms with Gasteiger partial charge in [-0.2, -0.15) is 0 Å². The van der Waals surface area contributed by atoms with Crippen LogP contribution < -0.4 is 0 Å². The lowest BCUT2D eigenvalue weighted by atomic mass is 9.87. The van der Waals surface area contributed by atoms with Crippen molar-refractivity contribution >= 4 is 43.4 Å². The highest BCUT2D eigenvalue weighted by atomic mass is 15.0. The molecule has 0 atom stereocenters. The van der Waals surface area contributed by atoms with Gasteiger partial charge in [0.1, 0.15) is 0 Å². The highest BCUT2D eigenvalue weighted by Crippen LogP contribution is 2.43. The standard InChI is InChI=1S/C47H30N4/c1-3-13-31(14-4-1)46-34-17-7-9-19-36(34)47(37-20-10-8-18-35(37)46)43-24-12-23-42(50-43)41-22-11-21-40(49-41)32-25-26-44-38(29-32)39-30-48-28-27-45(39)51(44)33-15-5-2-6-16-33/h1-30H. The molecule has 4 nitrogen and oxygen atoms in total. The Kier molecular flexibility index (Phi) is 6.78. The molecule has 4 aromatic heterocycles. The predicted octanol–water partition coefficient (Wildman–Crippen LogP) is 11.9. The third-order valence-corrected chi connectivity index (χ3v) is 9.89. The SMILES string of the molecule is c1ccc(-c2c3ccccc3c(-c3cccc(-c4cccc(-c5ccc6c(c5)c5cnccc5n6-c5ccccc5)n4)n3)c3ccccc23)cc1. The Hall–Kier alpha value is -6.91. The van der Waals surface area contributed by atoms with E-state index in [1.807, 2.05) is 24.5 Å². The maximum Gasteiger partial charge on any atom is 0.0893 e. The third kappa shape index (κ3) is 4.80. The Balaban J connectivity index is 1.11. The summed E-state index contributed by atoms with van der Waals surface area (Å²) in [7, 11) is 0. The molecule has 0 aliphatic heterocycles. The zero-order chi connectivity index (χ0) is 33.7. The maximum absolute atomic E-state index is 5.30. The maximum atomic E-state index is 5.30. The van der Waals surface area contributed by atoms with Crippen molar-refractivity contribution < 1.29 is 0 Å². The molecule has 0 aliphatic carbocycles. The number of pyridine rings is 3. The van der Waals surface area contributed by atoms with E-state index in [0.717, 1.165) is 61.4 Å². The first-order valence-electron chi connectivity index (χ1n) is 17.2. The lowest BCUT2D eigenvalue weighted by Crippen LogP contribution is -1.95. The van der Waals surface area contributed by atoms with Crippen molar-refractivity contribution in [3.63, 3.8) is 0 Å². The van der Waals surface area contributed by atoms with E-state index in [4.69, 9.17) is 9.97 Å². The number of benzene rings is 6. The fourth-order valence-electron chi connectivity index (χ4n) is 7.66. The van der Waals surface area contributed by atoms with Gasteiger partial charge in [-0.25, -0.2) is 9.97 Å². The molecular weight excluding hydrogens is 621 g/mol. The van der Waals surface area contributed by atoms with Crippen molar-refractivity contribution in [3.8, 4) is 50.7 Å². The van der Waals surface area contributed by atoms with Gasteiger partial charge < -0.3 is 4.57 Å². The van der Waals surface area contributed by atoms with Crippen LogP contribution >= 0.6 is 0 Å². The Morgan fingerprint density at radius 2 is 0.902 bits per heavy atom. The molecule has 0 saturated heterocycles. The lowest BCUT2D eigenvalue weighted by molar-refractivity contribution is 1.17. The van der Waals surface area contributed by atoms with Gasteiger partial charge in [0.15, 0.2) is 0 Å². The number of hydrogen-bond donors (Lipinski definition) is 0. The summed E-state index contributed by atoms with van der Waals surface area (Å²) in [4.78, 5) is 15.0. The molecule has 238 valence electrons. The quantitative estimate of drug-likeness (QED) is 0.174. The van der Waals surface area contributed by atoms with Gasteiger partial charge in [0.05, 0.1) is 33.8 Å². The summed E-state index contributed by atoms with van der Waals surface area (Å²) in [5.74, 6) is 0. The molecule has 0 bridgehead atoms. The van der Waals surface area contributed by atoms with E-state index in [1.165, 1.54) is 32.7 Å². The van der Waals surface area contributed by atoms with E-state index < -0.39 is 0 Å². The molecule has 10 aromatic rings. The van der Waals surface area contributed by atoms with Gasteiger partial charge in [0.2, 0.25) is 0 Å². The minimum absolute atomic E-state index is 0.831. The van der Waals surface area contributed by atoms with Gasteiger partial charge in [0.25, 0.3) is 0 Å². The summed E-state index contributed by atoms with van der Waals surface area (Å²) < 4.78 is 2.30. The minimum Gasteiger partial charge on any atom is -0.309 e. The smallest absolute Gasteiger partial charge is 0.0893 e. The van der Waals surface area contributed by atoms with Crippen LogP contribution in [0.3, 0.4) is 0 Å². The minimum atomic E-state index is 0.831. The van der Waals surface area contributed by atoms with Crippen molar-refractivity contribution in [2.24, 2.45) is 0 Å². The van der Waals surface area contributed by atoms with Crippen molar-refractivity contribution in [2.45, 2.75) is 0 Å². The summed E-state index contributed by atoms with van der Waals surface area (Å²) >= 11 is 0. The fourth-order valence-corrected chi connectivity index (χ4v) is 7.66. The average Bonchev–Trinajstić information content (AvgIpc) is 3.54. The van der Waals surface area contributed by atoms with Crippen LogP contribution in [0.2, 0.25) is 0 Å². The Morgan fingerprint density at radius 3 is 1.59 bits per heavy atom. The number of nitrogens with zero attached hydrogens (tertiary/aromatic N) is 4. The van der Waals surface area contributed by atoms with Crippen LogP contribution in [0.25, 0.3) is 94.1 Å². The zero-order valence-corrected chi connectivity index (χ0v) is 27.6. The van der Waals surface area contributed by atoms with Crippen LogP contribution in [0.5, 0.6) is 0 Å². The van der Waals surface area contributed by atoms with E-state index in [1.54, 1.807) is 0 Å². The van der Waals surface area contributed by atoms with Crippen molar-refractivity contribution in [3.05, 3.63) is 182 Å². The first kappa shape index (κ1) is 29.0. The number of fused-ring (bicyclic) bond motifs is 5. The summed E-state index contributed by atoms with van der Waals surface area (Å²) in [6.07, 6.45) is 3.82. The van der Waals surface area contributed by atoms with E-state index in [2.05, 4.69) is 167 Å². The second kappa shape index (κ2) is 11.9. The molecule has 0 amide bonds. The van der Waals surface area contributed by atoms with Gasteiger partial charge in [-0.05, 0) is 87.3 Å². The Morgan fingerprint density at radius 1 is 0.353 bits per heavy atom. The zero-order valence-electron chi connectivity index (χ0n) is 27.6. The fraction of sp³-hybridized carbons (Fsp3) is 0. The van der Waals surface area contributed by atoms with Crippen molar-refractivity contribution in [2.75, 3.05) is 0 Å². The molecule has 10 rings (SSSR count). The van der Waals surface area contributed by atoms with Gasteiger partial charge >= 0.3 is 0 Å². The summed E-state index contributed by atoms with van der Waals surface area (Å²) in [6.45, 7) is 0. The summed E-state index contributed by atoms with van der Waals surface area (Å²) in [6, 6.07) is 59.7. The van der Waals surface area contributed by atoms with Crippen LogP contribution in [0.15, 0.2) is 182 Å². The number of aromatic nitrogens is 4.